The summed E-state index contributed by atoms with van der Waals surface area (Å²) in [4.78, 5) is 0. The van der Waals surface area contributed by atoms with Gasteiger partial charge in [0.15, 0.2) is 0 Å². The highest BCUT2D eigenvalue weighted by molar-refractivity contribution is 6.11. The highest BCUT2D eigenvalue weighted by atomic mass is 16.3. The van der Waals surface area contributed by atoms with Crippen molar-refractivity contribution in [1.82, 2.24) is 4.57 Å². The Kier molecular flexibility index (Phi) is 7.02. The van der Waals surface area contributed by atoms with Crippen molar-refractivity contribution in [2.45, 2.75) is 5.92 Å². The molecule has 1 unspecified atom stereocenters. The van der Waals surface area contributed by atoms with Gasteiger partial charge in [0, 0.05) is 33.2 Å². The second-order valence-corrected chi connectivity index (χ2v) is 15.3. The molecule has 1 aliphatic carbocycles. The fourth-order valence-electron chi connectivity index (χ4n) is 9.38. The van der Waals surface area contributed by atoms with E-state index in [4.69, 9.17) is 4.42 Å². The number of fused-ring (bicyclic) bond motifs is 9. The molecule has 0 spiro atoms. The molecule has 2 aromatic heterocycles. The van der Waals surface area contributed by atoms with E-state index in [1.807, 2.05) is 12.1 Å². The van der Waals surface area contributed by atoms with Gasteiger partial charge >= 0.3 is 0 Å². The number of hydrogen-bond donors (Lipinski definition) is 0. The van der Waals surface area contributed by atoms with Crippen LogP contribution in [0.4, 0.5) is 0 Å². The highest BCUT2D eigenvalue weighted by Gasteiger charge is 2.30. The van der Waals surface area contributed by atoms with Crippen molar-refractivity contribution >= 4 is 43.7 Å². The molecule has 2 heteroatoms. The summed E-state index contributed by atoms with van der Waals surface area (Å²) >= 11 is 0. The van der Waals surface area contributed by atoms with Crippen LogP contribution in [-0.4, -0.2) is 4.57 Å². The Labute approximate surface area is 330 Å². The van der Waals surface area contributed by atoms with Gasteiger partial charge in [-0.15, -0.1) is 0 Å². The lowest BCUT2D eigenvalue weighted by Crippen LogP contribution is -1.99. The van der Waals surface area contributed by atoms with Crippen molar-refractivity contribution in [2.24, 2.45) is 0 Å². The number of nitrogens with zero attached hydrogens (tertiary/aromatic N) is 1. The Morgan fingerprint density at radius 3 is 1.79 bits per heavy atom. The first-order valence-corrected chi connectivity index (χ1v) is 19.7. The molecule has 11 aromatic rings. The van der Waals surface area contributed by atoms with Crippen molar-refractivity contribution in [2.75, 3.05) is 0 Å². The highest BCUT2D eigenvalue weighted by Crippen LogP contribution is 2.49. The van der Waals surface area contributed by atoms with Crippen LogP contribution in [0.25, 0.3) is 93.9 Å². The third kappa shape index (κ3) is 5.04. The summed E-state index contributed by atoms with van der Waals surface area (Å²) in [5.41, 5.74) is 19.3. The molecular formula is C55H35NO. The topological polar surface area (TPSA) is 18.1 Å². The molecule has 0 aliphatic heterocycles. The summed E-state index contributed by atoms with van der Waals surface area (Å²) in [6, 6.07) is 75.2. The molecule has 0 saturated carbocycles. The van der Waals surface area contributed by atoms with E-state index in [1.54, 1.807) is 0 Å². The van der Waals surface area contributed by atoms with E-state index >= 15 is 0 Å². The fraction of sp³-hybridized carbons (Fsp3) is 0.0182. The summed E-state index contributed by atoms with van der Waals surface area (Å²) < 4.78 is 8.60. The van der Waals surface area contributed by atoms with Crippen molar-refractivity contribution < 1.29 is 4.42 Å². The van der Waals surface area contributed by atoms with E-state index in [0.717, 1.165) is 38.8 Å². The molecule has 0 fully saturated rings. The number of hydrogen-bond acceptors (Lipinski definition) is 1. The van der Waals surface area contributed by atoms with Gasteiger partial charge in [0.05, 0.1) is 11.0 Å². The lowest BCUT2D eigenvalue weighted by Gasteiger charge is -2.15. The Bertz CT molecular complexity index is 3330. The molecule has 9 aromatic carbocycles. The van der Waals surface area contributed by atoms with Gasteiger partial charge in [0.25, 0.3) is 0 Å². The molecule has 0 bridgehead atoms. The minimum atomic E-state index is 0.204. The van der Waals surface area contributed by atoms with Gasteiger partial charge in [-0.2, -0.15) is 0 Å². The normalized spacial score (nSPS) is 13.4. The fourth-order valence-corrected chi connectivity index (χ4v) is 9.38. The van der Waals surface area contributed by atoms with Crippen molar-refractivity contribution in [1.29, 1.82) is 0 Å². The van der Waals surface area contributed by atoms with Gasteiger partial charge in [0.2, 0.25) is 0 Å². The minimum absolute atomic E-state index is 0.204. The smallest absolute Gasteiger partial charge is 0.136 e. The maximum Gasteiger partial charge on any atom is 0.136 e. The van der Waals surface area contributed by atoms with Gasteiger partial charge < -0.3 is 8.98 Å². The lowest BCUT2D eigenvalue weighted by atomic mass is 9.88. The molecule has 0 N–H and O–H groups in total. The van der Waals surface area contributed by atoms with E-state index in [2.05, 4.69) is 199 Å². The summed E-state index contributed by atoms with van der Waals surface area (Å²) in [5, 5.41) is 4.80. The second kappa shape index (κ2) is 12.6. The summed E-state index contributed by atoms with van der Waals surface area (Å²) in [5.74, 6) is 0.204. The van der Waals surface area contributed by atoms with Crippen LogP contribution in [0.1, 0.15) is 22.6 Å². The summed E-state index contributed by atoms with van der Waals surface area (Å²) in [6.45, 7) is 0. The van der Waals surface area contributed by atoms with Gasteiger partial charge in [-0.3, -0.25) is 0 Å². The zero-order valence-corrected chi connectivity index (χ0v) is 31.1. The van der Waals surface area contributed by atoms with Crippen molar-refractivity contribution in [3.63, 3.8) is 0 Å². The van der Waals surface area contributed by atoms with E-state index in [0.29, 0.717) is 0 Å². The largest absolute Gasteiger partial charge is 0.456 e. The number of benzene rings is 9. The molecule has 1 atom stereocenters. The standard InChI is InChI=1S/C55H35NO/c1-2-10-35(11-3-1)36-18-20-38(21-19-36)55-47-15-5-4-12-43(47)49-32-39(25-30-48(49)55)40-26-31-52-50(33-40)44-13-6-8-16-51(44)56(52)42-27-22-37(23-28-42)41-24-29-46-45-14-7-9-17-53(45)57-54(46)34-41/h1-34,55H. The average Bonchev–Trinajstić information content (AvgIpc) is 3.94. The summed E-state index contributed by atoms with van der Waals surface area (Å²) in [6.07, 6.45) is 0. The van der Waals surface area contributed by atoms with E-state index in [9.17, 15) is 0 Å². The van der Waals surface area contributed by atoms with Gasteiger partial charge in [0.1, 0.15) is 11.2 Å². The minimum Gasteiger partial charge on any atom is -0.456 e. The zero-order chi connectivity index (χ0) is 37.5. The molecule has 2 nitrogen and oxygen atoms in total. The SMILES string of the molecule is c1ccc(-c2ccc(C3c4ccccc4-c4cc(-c5ccc6c(c5)c5ccccc5n6-c5ccc(-c6ccc7c(c6)oc6ccccc67)cc5)ccc43)cc2)cc1. The molecule has 1 aliphatic rings. The van der Waals surface area contributed by atoms with E-state index < -0.39 is 0 Å². The Hall–Kier alpha value is -7.42. The monoisotopic (exact) mass is 725 g/mol. The van der Waals surface area contributed by atoms with Gasteiger partial charge in [-0.05, 0) is 116 Å². The van der Waals surface area contributed by atoms with Crippen LogP contribution in [0.2, 0.25) is 0 Å². The number of rotatable bonds is 5. The quantitative estimate of drug-likeness (QED) is 0.173. The lowest BCUT2D eigenvalue weighted by molar-refractivity contribution is 0.669. The molecule has 0 saturated heterocycles. The maximum atomic E-state index is 6.21. The maximum absolute atomic E-state index is 6.21. The predicted octanol–water partition coefficient (Wildman–Crippen LogP) is 14.8. The molecule has 12 rings (SSSR count). The molecule has 0 radical (unpaired) electrons. The first-order chi connectivity index (χ1) is 28.2. The third-order valence-corrected chi connectivity index (χ3v) is 12.1. The van der Waals surface area contributed by atoms with Gasteiger partial charge in [-0.1, -0.05) is 152 Å². The van der Waals surface area contributed by atoms with Gasteiger partial charge in [-0.25, -0.2) is 0 Å². The van der Waals surface area contributed by atoms with Crippen LogP contribution in [0.15, 0.2) is 211 Å². The van der Waals surface area contributed by atoms with Crippen LogP contribution in [-0.2, 0) is 0 Å². The van der Waals surface area contributed by atoms with Crippen LogP contribution in [0, 0.1) is 0 Å². The van der Waals surface area contributed by atoms with Crippen LogP contribution < -0.4 is 0 Å². The molecule has 2 heterocycles. The third-order valence-electron chi connectivity index (χ3n) is 12.1. The van der Waals surface area contributed by atoms with Crippen LogP contribution in [0.3, 0.4) is 0 Å². The van der Waals surface area contributed by atoms with Crippen molar-refractivity contribution in [3.05, 3.63) is 223 Å². The molecule has 0 amide bonds. The Morgan fingerprint density at radius 2 is 0.912 bits per heavy atom. The van der Waals surface area contributed by atoms with E-state index in [1.165, 1.54) is 71.9 Å². The Morgan fingerprint density at radius 1 is 0.333 bits per heavy atom. The average molecular weight is 726 g/mol. The first-order valence-electron chi connectivity index (χ1n) is 19.7. The second-order valence-electron chi connectivity index (χ2n) is 15.3. The molecule has 57 heavy (non-hydrogen) atoms. The molecule has 266 valence electrons. The first kappa shape index (κ1) is 31.9. The molecular weight excluding hydrogens is 691 g/mol. The van der Waals surface area contributed by atoms with Crippen molar-refractivity contribution in [3.8, 4) is 50.2 Å². The summed E-state index contributed by atoms with van der Waals surface area (Å²) in [7, 11) is 0. The Balaban J connectivity index is 0.909. The number of furan rings is 1. The number of para-hydroxylation sites is 2. The van der Waals surface area contributed by atoms with Crippen LogP contribution >= 0.6 is 0 Å². The number of aromatic nitrogens is 1. The van der Waals surface area contributed by atoms with Crippen LogP contribution in [0.5, 0.6) is 0 Å². The zero-order valence-electron chi connectivity index (χ0n) is 31.1. The van der Waals surface area contributed by atoms with E-state index in [-0.39, 0.29) is 5.92 Å². The predicted molar refractivity (Wildman–Crippen MR) is 237 cm³/mol.